The van der Waals surface area contributed by atoms with E-state index < -0.39 is 0 Å². The molecule has 0 saturated carbocycles. The van der Waals surface area contributed by atoms with Crippen LogP contribution in [0.4, 0.5) is 4.39 Å². The van der Waals surface area contributed by atoms with Crippen molar-refractivity contribution in [3.8, 4) is 0 Å². The minimum atomic E-state index is -0.325. The lowest BCUT2D eigenvalue weighted by molar-refractivity contribution is -0.136. The third-order valence-electron chi connectivity index (χ3n) is 1.70. The van der Waals surface area contributed by atoms with Gasteiger partial charge in [-0.25, -0.2) is 0 Å². The lowest BCUT2D eigenvalue weighted by Gasteiger charge is -2.37. The number of amides is 1. The Labute approximate surface area is 59.0 Å². The van der Waals surface area contributed by atoms with Crippen LogP contribution in [0.25, 0.3) is 0 Å². The number of nitrogens with zero attached hydrogens (tertiary/aromatic N) is 1. The molecule has 4 heteroatoms. The third-order valence-corrected chi connectivity index (χ3v) is 1.70. The third kappa shape index (κ3) is 1.26. The fourth-order valence-electron chi connectivity index (χ4n) is 1.00. The van der Waals surface area contributed by atoms with Crippen molar-refractivity contribution in [1.29, 1.82) is 0 Å². The molecule has 1 fully saturated rings. The molecule has 1 amide bonds. The highest BCUT2D eigenvalue weighted by Crippen LogP contribution is 2.14. The lowest BCUT2D eigenvalue weighted by atomic mass is 10.0. The molecule has 3 nitrogen and oxygen atoms in total. The van der Waals surface area contributed by atoms with E-state index in [4.69, 9.17) is 5.73 Å². The first-order chi connectivity index (χ1) is 4.77. The predicted octanol–water partition coefficient (Wildman–Crippen LogP) is -0.627. The summed E-state index contributed by atoms with van der Waals surface area (Å²) in [6.45, 7) is 0.812. The quantitative estimate of drug-likeness (QED) is 0.564. The summed E-state index contributed by atoms with van der Waals surface area (Å²) in [5, 5.41) is 0. The molecule has 0 aliphatic carbocycles. The van der Waals surface area contributed by atoms with Gasteiger partial charge < -0.3 is 10.6 Å². The molecule has 1 aliphatic heterocycles. The maximum atomic E-state index is 11.8. The van der Waals surface area contributed by atoms with Crippen LogP contribution in [0.1, 0.15) is 0 Å². The molecule has 0 radical (unpaired) electrons. The molecule has 58 valence electrons. The number of halogens is 1. The van der Waals surface area contributed by atoms with Crippen LogP contribution >= 0.6 is 0 Å². The van der Waals surface area contributed by atoms with Crippen molar-refractivity contribution in [2.24, 2.45) is 11.7 Å². The SMILES string of the molecule is NCC(=O)N1CC(CF)C1. The summed E-state index contributed by atoms with van der Waals surface area (Å²) >= 11 is 0. The number of carbonyl (C=O) groups excluding carboxylic acids is 1. The summed E-state index contributed by atoms with van der Waals surface area (Å²) in [4.78, 5) is 12.3. The van der Waals surface area contributed by atoms with Gasteiger partial charge in [0, 0.05) is 19.0 Å². The monoisotopic (exact) mass is 146 g/mol. The van der Waals surface area contributed by atoms with E-state index in [0.717, 1.165) is 0 Å². The smallest absolute Gasteiger partial charge is 0.236 e. The number of nitrogens with two attached hydrogens (primary N) is 1. The van der Waals surface area contributed by atoms with Crippen LogP contribution in [0.2, 0.25) is 0 Å². The fourth-order valence-corrected chi connectivity index (χ4v) is 1.00. The minimum Gasteiger partial charge on any atom is -0.341 e. The van der Waals surface area contributed by atoms with Gasteiger partial charge in [-0.05, 0) is 0 Å². The summed E-state index contributed by atoms with van der Waals surface area (Å²) in [5.74, 6) is -0.0137. The predicted molar refractivity (Wildman–Crippen MR) is 35.1 cm³/mol. The highest BCUT2D eigenvalue weighted by molar-refractivity contribution is 5.78. The minimum absolute atomic E-state index is 0.0407. The molecule has 1 aliphatic rings. The topological polar surface area (TPSA) is 46.3 Å². The molecule has 10 heavy (non-hydrogen) atoms. The van der Waals surface area contributed by atoms with E-state index in [0.29, 0.717) is 13.1 Å². The van der Waals surface area contributed by atoms with Crippen molar-refractivity contribution in [2.75, 3.05) is 26.3 Å². The van der Waals surface area contributed by atoms with Gasteiger partial charge in [0.25, 0.3) is 0 Å². The van der Waals surface area contributed by atoms with Gasteiger partial charge in [-0.2, -0.15) is 0 Å². The zero-order valence-corrected chi connectivity index (χ0v) is 5.72. The van der Waals surface area contributed by atoms with Gasteiger partial charge in [0.1, 0.15) is 0 Å². The highest BCUT2D eigenvalue weighted by Gasteiger charge is 2.29. The van der Waals surface area contributed by atoms with Crippen LogP contribution in [0, 0.1) is 5.92 Å². The van der Waals surface area contributed by atoms with Crippen molar-refractivity contribution in [3.63, 3.8) is 0 Å². The molecular formula is C6H11FN2O. The van der Waals surface area contributed by atoms with Crippen molar-refractivity contribution >= 4 is 5.91 Å². The first-order valence-corrected chi connectivity index (χ1v) is 3.31. The first kappa shape index (κ1) is 7.47. The second-order valence-electron chi connectivity index (χ2n) is 2.52. The molecule has 0 bridgehead atoms. The second-order valence-corrected chi connectivity index (χ2v) is 2.52. The van der Waals surface area contributed by atoms with Crippen LogP contribution in [0.15, 0.2) is 0 Å². The normalized spacial score (nSPS) is 18.8. The van der Waals surface area contributed by atoms with E-state index >= 15 is 0 Å². The summed E-state index contributed by atoms with van der Waals surface area (Å²) in [7, 11) is 0. The van der Waals surface area contributed by atoms with Gasteiger partial charge in [0.2, 0.25) is 5.91 Å². The number of hydrogen-bond acceptors (Lipinski definition) is 2. The lowest BCUT2D eigenvalue weighted by Crippen LogP contribution is -2.52. The molecule has 0 atom stereocenters. The van der Waals surface area contributed by atoms with E-state index in [1.165, 1.54) is 0 Å². The summed E-state index contributed by atoms with van der Waals surface area (Å²) in [6.07, 6.45) is 0. The second kappa shape index (κ2) is 2.96. The zero-order chi connectivity index (χ0) is 7.56. The standard InChI is InChI=1S/C6H11FN2O/c7-1-5-3-9(4-5)6(10)2-8/h5H,1-4,8H2. The van der Waals surface area contributed by atoms with Crippen molar-refractivity contribution in [2.45, 2.75) is 0 Å². The molecule has 1 rings (SSSR count). The van der Waals surface area contributed by atoms with Gasteiger partial charge in [-0.3, -0.25) is 9.18 Å². The number of rotatable bonds is 2. The van der Waals surface area contributed by atoms with Gasteiger partial charge in [-0.15, -0.1) is 0 Å². The first-order valence-electron chi connectivity index (χ1n) is 3.31. The molecule has 0 aromatic heterocycles. The molecular weight excluding hydrogens is 135 g/mol. The maximum absolute atomic E-state index is 11.8. The Morgan fingerprint density at radius 2 is 2.30 bits per heavy atom. The number of hydrogen-bond donors (Lipinski definition) is 1. The van der Waals surface area contributed by atoms with E-state index in [9.17, 15) is 9.18 Å². The van der Waals surface area contributed by atoms with E-state index in [2.05, 4.69) is 0 Å². The molecule has 1 saturated heterocycles. The van der Waals surface area contributed by atoms with Gasteiger partial charge in [0.15, 0.2) is 0 Å². The summed E-state index contributed by atoms with van der Waals surface area (Å²) < 4.78 is 11.8. The zero-order valence-electron chi connectivity index (χ0n) is 5.72. The molecule has 0 spiro atoms. The number of carbonyl (C=O) groups is 1. The van der Waals surface area contributed by atoms with Gasteiger partial charge in [0.05, 0.1) is 13.2 Å². The Bertz CT molecular complexity index is 134. The van der Waals surface area contributed by atoms with Gasteiger partial charge >= 0.3 is 0 Å². The van der Waals surface area contributed by atoms with E-state index in [1.807, 2.05) is 0 Å². The van der Waals surface area contributed by atoms with Gasteiger partial charge in [-0.1, -0.05) is 0 Å². The summed E-state index contributed by atoms with van der Waals surface area (Å²) in [6, 6.07) is 0. The summed E-state index contributed by atoms with van der Waals surface area (Å²) in [5.41, 5.74) is 5.08. The highest BCUT2D eigenvalue weighted by atomic mass is 19.1. The van der Waals surface area contributed by atoms with Crippen LogP contribution in [0.5, 0.6) is 0 Å². The maximum Gasteiger partial charge on any atom is 0.236 e. The molecule has 0 aromatic rings. The fraction of sp³-hybridized carbons (Fsp3) is 0.833. The molecule has 1 heterocycles. The van der Waals surface area contributed by atoms with Crippen molar-refractivity contribution in [1.82, 2.24) is 4.90 Å². The Kier molecular flexibility index (Phi) is 2.21. The molecule has 0 unspecified atom stereocenters. The van der Waals surface area contributed by atoms with Crippen LogP contribution in [-0.2, 0) is 4.79 Å². The van der Waals surface area contributed by atoms with E-state index in [1.54, 1.807) is 4.90 Å². The average molecular weight is 146 g/mol. The Balaban J connectivity index is 2.19. The van der Waals surface area contributed by atoms with Crippen LogP contribution in [0.3, 0.4) is 0 Å². The number of alkyl halides is 1. The van der Waals surface area contributed by atoms with Crippen LogP contribution in [-0.4, -0.2) is 37.1 Å². The van der Waals surface area contributed by atoms with Crippen LogP contribution < -0.4 is 5.73 Å². The molecule has 0 aromatic carbocycles. The van der Waals surface area contributed by atoms with E-state index in [-0.39, 0.29) is 25.0 Å². The Hall–Kier alpha value is -0.640. The largest absolute Gasteiger partial charge is 0.341 e. The van der Waals surface area contributed by atoms with Crippen molar-refractivity contribution < 1.29 is 9.18 Å². The number of likely N-dealkylation sites (tertiary alicyclic amines) is 1. The Morgan fingerprint density at radius 1 is 1.70 bits per heavy atom. The van der Waals surface area contributed by atoms with Crippen molar-refractivity contribution in [3.05, 3.63) is 0 Å². The Morgan fingerprint density at radius 3 is 2.70 bits per heavy atom. The average Bonchev–Trinajstić information content (AvgIpc) is 1.85. The molecule has 2 N–H and O–H groups in total.